The average Bonchev–Trinajstić information content (AvgIpc) is 2.83. The number of nitrogens with zero attached hydrogens (tertiary/aromatic N) is 2. The quantitative estimate of drug-likeness (QED) is 0.605. The van der Waals surface area contributed by atoms with Gasteiger partial charge in [0, 0.05) is 18.2 Å². The van der Waals surface area contributed by atoms with Gasteiger partial charge in [-0.3, -0.25) is 4.68 Å². The second-order valence-electron chi connectivity index (χ2n) is 5.42. The van der Waals surface area contributed by atoms with Gasteiger partial charge in [-0.1, -0.05) is 11.6 Å². The topological polar surface area (TPSA) is 108 Å². The highest BCUT2D eigenvalue weighted by molar-refractivity contribution is 6.31. The lowest BCUT2D eigenvalue weighted by Crippen LogP contribution is -2.39. The predicted octanol–water partition coefficient (Wildman–Crippen LogP) is 0.999. The van der Waals surface area contributed by atoms with E-state index in [-0.39, 0.29) is 5.16 Å². The molecule has 2 bridgehead atoms. The zero-order valence-corrected chi connectivity index (χ0v) is 11.4. The van der Waals surface area contributed by atoms with Crippen molar-refractivity contribution in [2.24, 2.45) is 5.73 Å². The second-order valence-corrected chi connectivity index (χ2v) is 5.86. The molecule has 1 aromatic rings. The normalized spacial score (nSPS) is 30.8. The van der Waals surface area contributed by atoms with Crippen LogP contribution in [0, 0.1) is 0 Å². The fourth-order valence-electron chi connectivity index (χ4n) is 3.26. The monoisotopic (exact) mass is 282 g/mol. The Morgan fingerprint density at radius 1 is 1.32 bits per heavy atom. The van der Waals surface area contributed by atoms with Crippen LogP contribution in [-0.4, -0.2) is 21.9 Å². The Labute approximate surface area is 116 Å². The summed E-state index contributed by atoms with van der Waals surface area (Å²) in [5, 5.41) is 8.15. The minimum atomic E-state index is 0.185. The third-order valence-electron chi connectivity index (χ3n) is 4.08. The number of nitrogens with one attached hydrogen (secondary N) is 1. The minimum absolute atomic E-state index is 0.185. The number of rotatable bonds is 2. The standard InChI is InChI=1S/C12H19ClN6/c13-10(14)5-9-11(15)12(16)18-19(9)8-3-6-1-2-7(4-8)17-6/h5-8,17H,1-4,14-15H2,(H2,16,18)/b10-5-. The Balaban J connectivity index is 1.96. The molecule has 104 valence electrons. The van der Waals surface area contributed by atoms with Crippen molar-refractivity contribution >= 4 is 29.2 Å². The molecule has 0 radical (unpaired) electrons. The van der Waals surface area contributed by atoms with E-state index in [2.05, 4.69) is 10.4 Å². The van der Waals surface area contributed by atoms with E-state index in [0.29, 0.717) is 29.6 Å². The first-order valence-electron chi connectivity index (χ1n) is 6.56. The zero-order chi connectivity index (χ0) is 13.6. The molecule has 3 rings (SSSR count). The number of hydrogen-bond acceptors (Lipinski definition) is 5. The summed E-state index contributed by atoms with van der Waals surface area (Å²) in [6.07, 6.45) is 6.18. The maximum atomic E-state index is 5.96. The van der Waals surface area contributed by atoms with Crippen molar-refractivity contribution in [2.75, 3.05) is 11.5 Å². The Bertz CT molecular complexity index is 507. The van der Waals surface area contributed by atoms with Crippen molar-refractivity contribution in [2.45, 2.75) is 43.8 Å². The molecule has 1 aromatic heterocycles. The van der Waals surface area contributed by atoms with Gasteiger partial charge in [-0.05, 0) is 25.7 Å². The van der Waals surface area contributed by atoms with Gasteiger partial charge in [0.25, 0.3) is 0 Å². The Morgan fingerprint density at radius 2 is 1.95 bits per heavy atom. The number of anilines is 2. The van der Waals surface area contributed by atoms with Crippen molar-refractivity contribution in [3.05, 3.63) is 10.9 Å². The van der Waals surface area contributed by atoms with Crippen LogP contribution in [0.3, 0.4) is 0 Å². The van der Waals surface area contributed by atoms with Crippen LogP contribution in [0.15, 0.2) is 5.16 Å². The summed E-state index contributed by atoms with van der Waals surface area (Å²) in [5.74, 6) is 0.343. The summed E-state index contributed by atoms with van der Waals surface area (Å²) in [5.41, 5.74) is 18.5. The van der Waals surface area contributed by atoms with Gasteiger partial charge in [-0.15, -0.1) is 0 Å². The summed E-state index contributed by atoms with van der Waals surface area (Å²) >= 11 is 5.76. The molecule has 0 aliphatic carbocycles. The first-order valence-corrected chi connectivity index (χ1v) is 6.94. The van der Waals surface area contributed by atoms with Crippen LogP contribution in [0.1, 0.15) is 37.4 Å². The van der Waals surface area contributed by atoms with Crippen LogP contribution in [-0.2, 0) is 0 Å². The number of nitrogen functional groups attached to an aromatic ring is 2. The summed E-state index contributed by atoms with van der Waals surface area (Å²) in [7, 11) is 0. The molecule has 2 aliphatic heterocycles. The molecule has 7 heteroatoms. The van der Waals surface area contributed by atoms with E-state index in [1.54, 1.807) is 6.08 Å². The molecule has 2 aliphatic rings. The van der Waals surface area contributed by atoms with Gasteiger partial charge in [0.15, 0.2) is 5.82 Å². The summed E-state index contributed by atoms with van der Waals surface area (Å²) < 4.78 is 1.89. The van der Waals surface area contributed by atoms with E-state index in [0.717, 1.165) is 18.5 Å². The van der Waals surface area contributed by atoms with Crippen molar-refractivity contribution in [3.8, 4) is 0 Å². The summed E-state index contributed by atoms with van der Waals surface area (Å²) in [4.78, 5) is 0. The van der Waals surface area contributed by atoms with Crippen molar-refractivity contribution in [3.63, 3.8) is 0 Å². The highest BCUT2D eigenvalue weighted by Gasteiger charge is 2.35. The van der Waals surface area contributed by atoms with Crippen LogP contribution in [0.4, 0.5) is 11.5 Å². The first kappa shape index (κ1) is 12.6. The Morgan fingerprint density at radius 3 is 2.53 bits per heavy atom. The molecule has 2 saturated heterocycles. The van der Waals surface area contributed by atoms with Gasteiger partial charge in [-0.25, -0.2) is 0 Å². The molecule has 7 N–H and O–H groups in total. The third-order valence-corrected chi connectivity index (χ3v) is 4.19. The molecule has 3 heterocycles. The number of fused-ring (bicyclic) bond motifs is 2. The van der Waals surface area contributed by atoms with E-state index in [9.17, 15) is 0 Å². The molecule has 0 saturated carbocycles. The second kappa shape index (κ2) is 4.61. The Hall–Kier alpha value is -1.40. The highest BCUT2D eigenvalue weighted by atomic mass is 35.5. The van der Waals surface area contributed by atoms with Crippen molar-refractivity contribution < 1.29 is 0 Å². The van der Waals surface area contributed by atoms with Gasteiger partial charge in [0.2, 0.25) is 0 Å². The molecule has 0 spiro atoms. The largest absolute Gasteiger partial charge is 0.394 e. The molecular weight excluding hydrogens is 264 g/mol. The predicted molar refractivity (Wildman–Crippen MR) is 77.3 cm³/mol. The van der Waals surface area contributed by atoms with Crippen LogP contribution >= 0.6 is 11.6 Å². The molecule has 0 aromatic carbocycles. The number of hydrogen-bond donors (Lipinski definition) is 4. The van der Waals surface area contributed by atoms with E-state index in [1.165, 1.54) is 12.8 Å². The average molecular weight is 283 g/mol. The van der Waals surface area contributed by atoms with Gasteiger partial charge in [0.05, 0.1) is 11.7 Å². The fraction of sp³-hybridized carbons (Fsp3) is 0.583. The third kappa shape index (κ3) is 2.26. The number of piperidine rings is 1. The first-order chi connectivity index (χ1) is 9.04. The molecule has 2 atom stereocenters. The van der Waals surface area contributed by atoms with Gasteiger partial charge >= 0.3 is 0 Å². The lowest BCUT2D eigenvalue weighted by Gasteiger charge is -2.30. The number of halogens is 1. The highest BCUT2D eigenvalue weighted by Crippen LogP contribution is 2.36. The molecular formula is C12H19ClN6. The number of nitrogens with two attached hydrogens (primary N) is 3. The van der Waals surface area contributed by atoms with E-state index in [1.807, 2.05) is 4.68 Å². The fourth-order valence-corrected chi connectivity index (χ4v) is 3.36. The van der Waals surface area contributed by atoms with Crippen LogP contribution in [0.2, 0.25) is 0 Å². The maximum Gasteiger partial charge on any atom is 0.169 e. The lowest BCUT2D eigenvalue weighted by atomic mass is 10.00. The Kier molecular flexibility index (Phi) is 3.06. The number of aromatic nitrogens is 2. The van der Waals surface area contributed by atoms with Gasteiger partial charge < -0.3 is 22.5 Å². The van der Waals surface area contributed by atoms with E-state index < -0.39 is 0 Å². The minimum Gasteiger partial charge on any atom is -0.394 e. The van der Waals surface area contributed by atoms with Gasteiger partial charge in [-0.2, -0.15) is 5.10 Å². The van der Waals surface area contributed by atoms with Crippen molar-refractivity contribution in [1.29, 1.82) is 0 Å². The zero-order valence-electron chi connectivity index (χ0n) is 10.6. The van der Waals surface area contributed by atoms with Crippen LogP contribution in [0.25, 0.3) is 6.08 Å². The smallest absolute Gasteiger partial charge is 0.169 e. The van der Waals surface area contributed by atoms with Gasteiger partial charge in [0.1, 0.15) is 10.8 Å². The molecule has 19 heavy (non-hydrogen) atoms. The SMILES string of the molecule is N/C(Cl)=C\c1c(N)c(N)nn1C1CC2CCC(C1)N2. The molecule has 2 unspecified atom stereocenters. The van der Waals surface area contributed by atoms with Crippen LogP contribution < -0.4 is 22.5 Å². The summed E-state index contributed by atoms with van der Waals surface area (Å²) in [6, 6.07) is 1.45. The lowest BCUT2D eigenvalue weighted by molar-refractivity contribution is 0.281. The van der Waals surface area contributed by atoms with Crippen LogP contribution in [0.5, 0.6) is 0 Å². The molecule has 0 amide bonds. The molecule has 2 fully saturated rings. The summed E-state index contributed by atoms with van der Waals surface area (Å²) in [6.45, 7) is 0. The van der Waals surface area contributed by atoms with E-state index >= 15 is 0 Å². The maximum absolute atomic E-state index is 5.96. The van der Waals surface area contributed by atoms with Crippen molar-refractivity contribution in [1.82, 2.24) is 15.1 Å². The van der Waals surface area contributed by atoms with E-state index in [4.69, 9.17) is 28.8 Å². The molecule has 6 nitrogen and oxygen atoms in total.